The van der Waals surface area contributed by atoms with Crippen molar-refractivity contribution in [3.05, 3.63) is 59.2 Å². The molecule has 0 bridgehead atoms. The van der Waals surface area contributed by atoms with Crippen LogP contribution in [-0.2, 0) is 13.1 Å². The van der Waals surface area contributed by atoms with Crippen LogP contribution in [0.25, 0.3) is 0 Å². The van der Waals surface area contributed by atoms with E-state index in [-0.39, 0.29) is 11.7 Å². The Morgan fingerprint density at radius 1 is 1.29 bits per heavy atom. The number of carboxylic acid groups (broad SMARTS) is 1. The van der Waals surface area contributed by atoms with Gasteiger partial charge in [0.05, 0.1) is 12.7 Å². The smallest absolute Gasteiger partial charge is 0.335 e. The molecule has 2 aromatic rings. The average Bonchev–Trinajstić information content (AvgIpc) is 2.72. The van der Waals surface area contributed by atoms with Crippen LogP contribution in [0, 0.1) is 0 Å². The molecule has 0 radical (unpaired) electrons. The van der Waals surface area contributed by atoms with E-state index in [1.807, 2.05) is 25.1 Å². The van der Waals surface area contributed by atoms with E-state index >= 15 is 0 Å². The van der Waals surface area contributed by atoms with Gasteiger partial charge in [-0.15, -0.1) is 0 Å². The zero-order chi connectivity index (χ0) is 17.1. The molecule has 1 heterocycles. The van der Waals surface area contributed by atoms with Crippen LogP contribution in [0.3, 0.4) is 0 Å². The molecule has 24 heavy (non-hydrogen) atoms. The van der Waals surface area contributed by atoms with Gasteiger partial charge in [0.1, 0.15) is 17.6 Å². The van der Waals surface area contributed by atoms with Gasteiger partial charge in [-0.2, -0.15) is 0 Å². The summed E-state index contributed by atoms with van der Waals surface area (Å²) in [7, 11) is 1.66. The fourth-order valence-electron chi connectivity index (χ4n) is 2.96. The molecule has 0 aromatic heterocycles. The molecule has 1 N–H and O–H groups in total. The number of nitrogens with zero attached hydrogens (tertiary/aromatic N) is 1. The van der Waals surface area contributed by atoms with Crippen LogP contribution in [0.2, 0.25) is 0 Å². The lowest BCUT2D eigenvalue weighted by atomic mass is 10.1. The minimum atomic E-state index is -0.937. The summed E-state index contributed by atoms with van der Waals surface area (Å²) >= 11 is 0. The number of benzene rings is 2. The van der Waals surface area contributed by atoms with Gasteiger partial charge in [-0.3, -0.25) is 4.90 Å². The molecule has 1 aliphatic heterocycles. The Balaban J connectivity index is 1.79. The Morgan fingerprint density at radius 2 is 2.04 bits per heavy atom. The Bertz CT molecular complexity index is 727. The zero-order valence-corrected chi connectivity index (χ0v) is 13.9. The molecule has 0 saturated heterocycles. The van der Waals surface area contributed by atoms with E-state index in [2.05, 4.69) is 17.0 Å². The molecule has 0 unspecified atom stereocenters. The number of fused-ring (bicyclic) bond motifs is 1. The molecule has 5 heteroatoms. The highest BCUT2D eigenvalue weighted by molar-refractivity contribution is 5.88. The van der Waals surface area contributed by atoms with Crippen LogP contribution >= 0.6 is 0 Å². The van der Waals surface area contributed by atoms with Crippen LogP contribution < -0.4 is 9.47 Å². The van der Waals surface area contributed by atoms with Gasteiger partial charge >= 0.3 is 5.97 Å². The molecule has 0 amide bonds. The summed E-state index contributed by atoms with van der Waals surface area (Å²) in [4.78, 5) is 13.4. The van der Waals surface area contributed by atoms with Gasteiger partial charge in [-0.25, -0.2) is 4.79 Å². The molecule has 0 spiro atoms. The highest BCUT2D eigenvalue weighted by Gasteiger charge is 2.21. The molecule has 126 valence electrons. The van der Waals surface area contributed by atoms with Crippen LogP contribution in [0.15, 0.2) is 42.5 Å². The minimum absolute atomic E-state index is 0.00598. The quantitative estimate of drug-likeness (QED) is 0.934. The summed E-state index contributed by atoms with van der Waals surface area (Å²) in [6.45, 7) is 4.32. The molecule has 0 aliphatic carbocycles. The van der Waals surface area contributed by atoms with Crippen molar-refractivity contribution in [3.8, 4) is 11.5 Å². The molecule has 0 fully saturated rings. The van der Waals surface area contributed by atoms with Crippen molar-refractivity contribution in [2.75, 3.05) is 13.7 Å². The normalized spacial score (nSPS) is 17.5. The van der Waals surface area contributed by atoms with Crippen molar-refractivity contribution in [2.45, 2.75) is 26.1 Å². The number of methoxy groups -OCH3 is 1. The number of carbonyl (C=O) groups is 1. The number of ether oxygens (including phenoxy) is 2. The molecular formula is C19H21NO4. The van der Waals surface area contributed by atoms with Gasteiger partial charge in [0.2, 0.25) is 0 Å². The van der Waals surface area contributed by atoms with Crippen molar-refractivity contribution in [2.24, 2.45) is 0 Å². The van der Waals surface area contributed by atoms with E-state index in [0.717, 1.165) is 30.9 Å². The molecule has 0 saturated carbocycles. The van der Waals surface area contributed by atoms with E-state index in [4.69, 9.17) is 14.6 Å². The number of aromatic carboxylic acids is 1. The number of rotatable bonds is 4. The van der Waals surface area contributed by atoms with Gasteiger partial charge in [0.15, 0.2) is 0 Å². The fraction of sp³-hybridized carbons (Fsp3) is 0.316. The lowest BCUT2D eigenvalue weighted by Crippen LogP contribution is -2.30. The Kier molecular flexibility index (Phi) is 4.71. The third-order valence-corrected chi connectivity index (χ3v) is 4.12. The molecule has 3 rings (SSSR count). The standard InChI is InChI=1S/C19H21NO4/c1-13-10-20(11-14-3-7-17(23-2)8-4-14)12-16-6-5-15(19(21)22)9-18(16)24-13/h3-9,13H,10-12H2,1-2H3,(H,21,22)/t13-/m1/s1. The average molecular weight is 327 g/mol. The maximum Gasteiger partial charge on any atom is 0.335 e. The lowest BCUT2D eigenvalue weighted by molar-refractivity contribution is 0.0696. The highest BCUT2D eigenvalue weighted by Crippen LogP contribution is 2.27. The van der Waals surface area contributed by atoms with E-state index in [1.54, 1.807) is 19.2 Å². The van der Waals surface area contributed by atoms with Crippen LogP contribution in [0.1, 0.15) is 28.4 Å². The van der Waals surface area contributed by atoms with Crippen LogP contribution in [-0.4, -0.2) is 35.7 Å². The first-order valence-electron chi connectivity index (χ1n) is 7.93. The molecule has 1 aliphatic rings. The Morgan fingerprint density at radius 3 is 2.71 bits per heavy atom. The predicted octanol–water partition coefficient (Wildman–Crippen LogP) is 3.18. The number of carboxylic acids is 1. The first kappa shape index (κ1) is 16.3. The van der Waals surface area contributed by atoms with Gasteiger partial charge in [-0.05, 0) is 36.8 Å². The number of hydrogen-bond acceptors (Lipinski definition) is 4. The largest absolute Gasteiger partial charge is 0.497 e. The lowest BCUT2D eigenvalue weighted by Gasteiger charge is -2.22. The van der Waals surface area contributed by atoms with Gasteiger partial charge in [0, 0.05) is 25.2 Å². The van der Waals surface area contributed by atoms with Crippen molar-refractivity contribution >= 4 is 5.97 Å². The van der Waals surface area contributed by atoms with E-state index in [1.165, 1.54) is 5.56 Å². The summed E-state index contributed by atoms with van der Waals surface area (Å²) in [6.07, 6.45) is -0.00598. The van der Waals surface area contributed by atoms with Crippen molar-refractivity contribution in [1.29, 1.82) is 0 Å². The number of hydrogen-bond donors (Lipinski definition) is 1. The summed E-state index contributed by atoms with van der Waals surface area (Å²) in [6, 6.07) is 13.1. The molecular weight excluding hydrogens is 306 g/mol. The first-order chi connectivity index (χ1) is 11.5. The van der Waals surface area contributed by atoms with Gasteiger partial charge in [-0.1, -0.05) is 18.2 Å². The predicted molar refractivity (Wildman–Crippen MR) is 90.6 cm³/mol. The van der Waals surface area contributed by atoms with E-state index < -0.39 is 5.97 Å². The van der Waals surface area contributed by atoms with E-state index in [0.29, 0.717) is 5.75 Å². The van der Waals surface area contributed by atoms with Gasteiger partial charge in [0.25, 0.3) is 0 Å². The summed E-state index contributed by atoms with van der Waals surface area (Å²) in [5, 5.41) is 9.14. The van der Waals surface area contributed by atoms with Gasteiger partial charge < -0.3 is 14.6 Å². The third kappa shape index (κ3) is 3.68. The maximum absolute atomic E-state index is 11.1. The molecule has 1 atom stereocenters. The second-order valence-corrected chi connectivity index (χ2v) is 6.07. The second-order valence-electron chi connectivity index (χ2n) is 6.07. The molecule has 5 nitrogen and oxygen atoms in total. The van der Waals surface area contributed by atoms with E-state index in [9.17, 15) is 4.79 Å². The second kappa shape index (κ2) is 6.93. The SMILES string of the molecule is COc1ccc(CN2Cc3ccc(C(=O)O)cc3O[C@H](C)C2)cc1. The summed E-state index contributed by atoms with van der Waals surface area (Å²) < 4.78 is 11.1. The first-order valence-corrected chi connectivity index (χ1v) is 7.93. The maximum atomic E-state index is 11.1. The Labute approximate surface area is 141 Å². The molecule has 2 aromatic carbocycles. The van der Waals surface area contributed by atoms with Crippen LogP contribution in [0.4, 0.5) is 0 Å². The fourth-order valence-corrected chi connectivity index (χ4v) is 2.96. The monoisotopic (exact) mass is 327 g/mol. The summed E-state index contributed by atoms with van der Waals surface area (Å²) in [5.41, 5.74) is 2.47. The van der Waals surface area contributed by atoms with Crippen molar-refractivity contribution in [1.82, 2.24) is 4.90 Å². The topological polar surface area (TPSA) is 59.0 Å². The van der Waals surface area contributed by atoms with Crippen molar-refractivity contribution in [3.63, 3.8) is 0 Å². The third-order valence-electron chi connectivity index (χ3n) is 4.12. The minimum Gasteiger partial charge on any atom is -0.497 e. The van der Waals surface area contributed by atoms with Crippen LogP contribution in [0.5, 0.6) is 11.5 Å². The highest BCUT2D eigenvalue weighted by atomic mass is 16.5. The zero-order valence-electron chi connectivity index (χ0n) is 13.9. The Hall–Kier alpha value is -2.53. The summed E-state index contributed by atoms with van der Waals surface area (Å²) in [5.74, 6) is 0.575. The van der Waals surface area contributed by atoms with Crippen molar-refractivity contribution < 1.29 is 19.4 Å².